The molecule has 1 aliphatic heterocycles. The minimum atomic E-state index is -0.409. The van der Waals surface area contributed by atoms with E-state index in [9.17, 15) is 14.9 Å². The number of nitro groups is 1. The van der Waals surface area contributed by atoms with E-state index < -0.39 is 4.92 Å². The van der Waals surface area contributed by atoms with Gasteiger partial charge in [0.05, 0.1) is 4.92 Å². The first-order valence-electron chi connectivity index (χ1n) is 8.44. The molecule has 0 saturated carbocycles. The number of carbonyl (C=O) groups excluding carboxylic acids is 1. The lowest BCUT2D eigenvalue weighted by molar-refractivity contribution is -0.384. The maximum Gasteiger partial charge on any atom is 0.293 e. The molecule has 1 heterocycles. The Morgan fingerprint density at radius 3 is 2.68 bits per heavy atom. The zero-order valence-corrected chi connectivity index (χ0v) is 14.1. The molecule has 2 aromatic rings. The second-order valence-corrected chi connectivity index (χ2v) is 6.47. The fourth-order valence-electron chi connectivity index (χ4n) is 3.21. The first-order chi connectivity index (χ1) is 12.0. The highest BCUT2D eigenvalue weighted by atomic mass is 16.6. The Kier molecular flexibility index (Phi) is 4.97. The maximum absolute atomic E-state index is 12.4. The van der Waals surface area contributed by atoms with Gasteiger partial charge in [0.15, 0.2) is 0 Å². The predicted octanol–water partition coefficient (Wildman–Crippen LogP) is 4.08. The molecule has 0 bridgehead atoms. The van der Waals surface area contributed by atoms with E-state index in [1.807, 2.05) is 23.1 Å². The second-order valence-electron chi connectivity index (χ2n) is 6.47. The molecule has 1 fully saturated rings. The van der Waals surface area contributed by atoms with Crippen LogP contribution >= 0.6 is 0 Å². The molecule has 0 radical (unpaired) electrons. The third kappa shape index (κ3) is 3.96. The van der Waals surface area contributed by atoms with Crippen LogP contribution in [0.2, 0.25) is 0 Å². The number of nitrogens with zero attached hydrogens (tertiary/aromatic N) is 2. The van der Waals surface area contributed by atoms with E-state index in [1.54, 1.807) is 24.3 Å². The van der Waals surface area contributed by atoms with Gasteiger partial charge in [0.1, 0.15) is 5.69 Å². The average Bonchev–Trinajstić information content (AvgIpc) is 2.62. The van der Waals surface area contributed by atoms with E-state index in [1.165, 1.54) is 6.07 Å². The highest BCUT2D eigenvalue weighted by Crippen LogP contribution is 2.32. The first-order valence-corrected chi connectivity index (χ1v) is 8.44. The predicted molar refractivity (Wildman–Crippen MR) is 98.1 cm³/mol. The van der Waals surface area contributed by atoms with Crippen LogP contribution in [0.15, 0.2) is 48.5 Å². The van der Waals surface area contributed by atoms with Gasteiger partial charge in [-0.1, -0.05) is 25.1 Å². The number of amides is 1. The van der Waals surface area contributed by atoms with Gasteiger partial charge in [0.25, 0.3) is 11.6 Å². The van der Waals surface area contributed by atoms with Crippen LogP contribution in [-0.4, -0.2) is 23.9 Å². The summed E-state index contributed by atoms with van der Waals surface area (Å²) in [6, 6.07) is 13.8. The molecule has 1 amide bonds. The van der Waals surface area contributed by atoms with E-state index in [-0.39, 0.29) is 17.2 Å². The lowest BCUT2D eigenvalue weighted by atomic mass is 9.99. The van der Waals surface area contributed by atoms with Crippen LogP contribution in [-0.2, 0) is 0 Å². The molecule has 3 rings (SSSR count). The number of para-hydroxylation sites is 1. The van der Waals surface area contributed by atoms with Crippen molar-refractivity contribution in [1.29, 1.82) is 0 Å². The maximum atomic E-state index is 12.4. The molecule has 130 valence electrons. The van der Waals surface area contributed by atoms with Crippen LogP contribution in [0.4, 0.5) is 17.1 Å². The summed E-state index contributed by atoms with van der Waals surface area (Å²) in [5, 5.41) is 14.3. The van der Waals surface area contributed by atoms with Gasteiger partial charge in [-0.25, -0.2) is 0 Å². The number of hydrogen-bond acceptors (Lipinski definition) is 4. The second kappa shape index (κ2) is 7.34. The molecular formula is C19H21N3O3. The smallest absolute Gasteiger partial charge is 0.293 e. The standard InChI is InChI=1S/C19H21N3O3/c1-14-6-5-11-21(13-14)17-10-9-15(12-18(17)22(24)25)19(23)20-16-7-3-2-4-8-16/h2-4,7-10,12,14H,5-6,11,13H2,1H3,(H,20,23)/t14-/m1/s1. The van der Waals surface area contributed by atoms with E-state index in [0.29, 0.717) is 17.3 Å². The van der Waals surface area contributed by atoms with Crippen LogP contribution in [0.5, 0.6) is 0 Å². The SMILES string of the molecule is C[C@@H]1CCCN(c2ccc(C(=O)Nc3ccccc3)cc2[N+](=O)[O-])C1. The molecule has 0 spiro atoms. The summed E-state index contributed by atoms with van der Waals surface area (Å²) in [5.41, 5.74) is 1.51. The topological polar surface area (TPSA) is 75.5 Å². The molecule has 1 aliphatic rings. The monoisotopic (exact) mass is 339 g/mol. The summed E-state index contributed by atoms with van der Waals surface area (Å²) in [6.45, 7) is 3.76. The van der Waals surface area contributed by atoms with Crippen LogP contribution < -0.4 is 10.2 Å². The van der Waals surface area contributed by atoms with Crippen LogP contribution in [0, 0.1) is 16.0 Å². The summed E-state index contributed by atoms with van der Waals surface area (Å²) in [7, 11) is 0. The molecule has 0 aromatic heterocycles. The molecule has 2 aromatic carbocycles. The summed E-state index contributed by atoms with van der Waals surface area (Å²) in [6.07, 6.45) is 2.16. The zero-order chi connectivity index (χ0) is 17.8. The van der Waals surface area contributed by atoms with Crippen molar-refractivity contribution in [3.63, 3.8) is 0 Å². The van der Waals surface area contributed by atoms with Crippen molar-refractivity contribution in [2.24, 2.45) is 5.92 Å². The van der Waals surface area contributed by atoms with Crippen LogP contribution in [0.3, 0.4) is 0 Å². The molecular weight excluding hydrogens is 318 g/mol. The highest BCUT2D eigenvalue weighted by Gasteiger charge is 2.25. The van der Waals surface area contributed by atoms with Gasteiger partial charge in [-0.2, -0.15) is 0 Å². The van der Waals surface area contributed by atoms with Gasteiger partial charge in [-0.3, -0.25) is 14.9 Å². The molecule has 25 heavy (non-hydrogen) atoms. The number of benzene rings is 2. The average molecular weight is 339 g/mol. The van der Waals surface area contributed by atoms with E-state index in [2.05, 4.69) is 12.2 Å². The van der Waals surface area contributed by atoms with Crippen LogP contribution in [0.1, 0.15) is 30.1 Å². The molecule has 0 aliphatic carbocycles. The van der Waals surface area contributed by atoms with Gasteiger partial charge >= 0.3 is 0 Å². The largest absolute Gasteiger partial charge is 0.366 e. The highest BCUT2D eigenvalue weighted by molar-refractivity contribution is 6.05. The lowest BCUT2D eigenvalue weighted by Crippen LogP contribution is -2.34. The van der Waals surface area contributed by atoms with Crippen molar-refractivity contribution < 1.29 is 9.72 Å². The van der Waals surface area contributed by atoms with Crippen molar-refractivity contribution in [2.45, 2.75) is 19.8 Å². The van der Waals surface area contributed by atoms with E-state index >= 15 is 0 Å². The summed E-state index contributed by atoms with van der Waals surface area (Å²) in [4.78, 5) is 25.5. The fraction of sp³-hybridized carbons (Fsp3) is 0.316. The van der Waals surface area contributed by atoms with Gasteiger partial charge in [0.2, 0.25) is 0 Å². The molecule has 1 atom stereocenters. The minimum Gasteiger partial charge on any atom is -0.366 e. The van der Waals surface area contributed by atoms with Crippen molar-refractivity contribution in [1.82, 2.24) is 0 Å². The molecule has 0 unspecified atom stereocenters. The molecule has 1 saturated heterocycles. The Balaban J connectivity index is 1.86. The normalized spacial score (nSPS) is 17.2. The Labute approximate surface area is 146 Å². The van der Waals surface area contributed by atoms with Gasteiger partial charge in [-0.15, -0.1) is 0 Å². The van der Waals surface area contributed by atoms with Crippen molar-refractivity contribution in [3.05, 3.63) is 64.2 Å². The Morgan fingerprint density at radius 1 is 1.24 bits per heavy atom. The minimum absolute atomic E-state index is 0.0187. The quantitative estimate of drug-likeness (QED) is 0.672. The van der Waals surface area contributed by atoms with E-state index in [0.717, 1.165) is 25.9 Å². The van der Waals surface area contributed by atoms with Gasteiger partial charge in [0, 0.05) is 30.4 Å². The van der Waals surface area contributed by atoms with Gasteiger partial charge < -0.3 is 10.2 Å². The molecule has 6 heteroatoms. The Hall–Kier alpha value is -2.89. The summed E-state index contributed by atoms with van der Waals surface area (Å²) in [5.74, 6) is 0.155. The van der Waals surface area contributed by atoms with Crippen molar-refractivity contribution in [3.8, 4) is 0 Å². The zero-order valence-electron chi connectivity index (χ0n) is 14.1. The Bertz CT molecular complexity index is 777. The summed E-state index contributed by atoms with van der Waals surface area (Å²) < 4.78 is 0. The number of nitrogens with one attached hydrogen (secondary N) is 1. The first kappa shape index (κ1) is 17.0. The van der Waals surface area contributed by atoms with Crippen LogP contribution in [0.25, 0.3) is 0 Å². The number of hydrogen-bond donors (Lipinski definition) is 1. The number of piperidine rings is 1. The van der Waals surface area contributed by atoms with Gasteiger partial charge in [-0.05, 0) is 43.0 Å². The fourth-order valence-corrected chi connectivity index (χ4v) is 3.21. The van der Waals surface area contributed by atoms with Crippen molar-refractivity contribution >= 4 is 23.0 Å². The molecule has 1 N–H and O–H groups in total. The Morgan fingerprint density at radius 2 is 2.00 bits per heavy atom. The molecule has 6 nitrogen and oxygen atoms in total. The number of anilines is 2. The number of carbonyl (C=O) groups is 1. The lowest BCUT2D eigenvalue weighted by Gasteiger charge is -2.32. The number of rotatable bonds is 4. The van der Waals surface area contributed by atoms with Crippen molar-refractivity contribution in [2.75, 3.05) is 23.3 Å². The third-order valence-electron chi connectivity index (χ3n) is 4.46. The number of nitro benzene ring substituents is 1. The third-order valence-corrected chi connectivity index (χ3v) is 4.46. The summed E-state index contributed by atoms with van der Waals surface area (Å²) >= 11 is 0. The van der Waals surface area contributed by atoms with E-state index in [4.69, 9.17) is 0 Å².